The molecule has 0 bridgehead atoms. The van der Waals surface area contributed by atoms with Crippen LogP contribution in [0.2, 0.25) is 0 Å². The van der Waals surface area contributed by atoms with Gasteiger partial charge in [-0.05, 0) is 33.7 Å². The Morgan fingerprint density at radius 2 is 1.63 bits per heavy atom. The number of fused-ring (bicyclic) bond motifs is 2. The molecule has 0 amide bonds. The number of Topliss-reactive ketones (excluding diaryl/α,β-unsaturated/α-hetero) is 1. The summed E-state index contributed by atoms with van der Waals surface area (Å²) in [6.45, 7) is 0. The van der Waals surface area contributed by atoms with E-state index in [0.717, 1.165) is 27.8 Å². The van der Waals surface area contributed by atoms with E-state index >= 15 is 0 Å². The Hall–Kier alpha value is -2.77. The summed E-state index contributed by atoms with van der Waals surface area (Å²) in [4.78, 5) is 14.7. The van der Waals surface area contributed by atoms with Crippen molar-refractivity contribution in [1.82, 2.24) is 0 Å². The van der Waals surface area contributed by atoms with Gasteiger partial charge in [-0.25, -0.2) is 0 Å². The molecule has 0 radical (unpaired) electrons. The monoisotopic (exact) mass is 246 g/mol. The van der Waals surface area contributed by atoms with Crippen molar-refractivity contribution in [2.75, 3.05) is 0 Å². The van der Waals surface area contributed by atoms with Crippen molar-refractivity contribution in [3.05, 3.63) is 65.7 Å². The van der Waals surface area contributed by atoms with Crippen molar-refractivity contribution >= 4 is 33.5 Å². The predicted molar refractivity (Wildman–Crippen MR) is 75.5 cm³/mol. The van der Waals surface area contributed by atoms with Crippen LogP contribution in [0.1, 0.15) is 10.4 Å². The molecule has 3 aromatic carbocycles. The number of ketones is 1. The molecule has 0 unspecified atom stereocenters. The van der Waals surface area contributed by atoms with Gasteiger partial charge in [0, 0.05) is 5.56 Å². The highest BCUT2D eigenvalue weighted by Gasteiger charge is 2.11. The average molecular weight is 246 g/mol. The van der Waals surface area contributed by atoms with Crippen molar-refractivity contribution in [2.24, 2.45) is 0 Å². The van der Waals surface area contributed by atoms with E-state index in [1.165, 1.54) is 0 Å². The van der Waals surface area contributed by atoms with Crippen LogP contribution in [0.4, 0.5) is 0 Å². The lowest BCUT2D eigenvalue weighted by atomic mass is 9.98. The second-order valence-corrected chi connectivity index (χ2v) is 4.33. The lowest BCUT2D eigenvalue weighted by molar-refractivity contribution is 0.00236. The second kappa shape index (κ2) is 4.48. The summed E-state index contributed by atoms with van der Waals surface area (Å²) in [6.07, 6.45) is 0.921. The highest BCUT2D eigenvalue weighted by molar-refractivity contribution is 6.36. The molecule has 19 heavy (non-hydrogen) atoms. The molecule has 3 nitrogen and oxygen atoms in total. The van der Waals surface area contributed by atoms with E-state index in [1.54, 1.807) is 6.07 Å². The van der Waals surface area contributed by atoms with E-state index in [1.807, 2.05) is 42.5 Å². The van der Waals surface area contributed by atoms with Crippen LogP contribution in [0.15, 0.2) is 54.6 Å². The van der Waals surface area contributed by atoms with Crippen LogP contribution in [-0.4, -0.2) is 16.8 Å². The van der Waals surface area contributed by atoms with E-state index in [0.29, 0.717) is 5.56 Å². The second-order valence-electron chi connectivity index (χ2n) is 4.33. The van der Waals surface area contributed by atoms with Gasteiger partial charge in [-0.15, -0.1) is 0 Å². The SMILES string of the molecule is [N-]=[N+]=CC(=O)c1cccc2cc3ccccc3cc12. The van der Waals surface area contributed by atoms with Crippen LogP contribution in [0, 0.1) is 0 Å². The van der Waals surface area contributed by atoms with Gasteiger partial charge in [-0.2, -0.15) is 4.79 Å². The van der Waals surface area contributed by atoms with E-state index in [2.05, 4.69) is 10.9 Å². The highest BCUT2D eigenvalue weighted by atomic mass is 16.1. The molecule has 0 N–H and O–H groups in total. The van der Waals surface area contributed by atoms with Gasteiger partial charge < -0.3 is 5.53 Å². The van der Waals surface area contributed by atoms with E-state index in [4.69, 9.17) is 5.53 Å². The number of rotatable bonds is 2. The number of nitrogens with zero attached hydrogens (tertiary/aromatic N) is 2. The van der Waals surface area contributed by atoms with Gasteiger partial charge in [0.15, 0.2) is 0 Å². The van der Waals surface area contributed by atoms with Crippen molar-refractivity contribution in [2.45, 2.75) is 0 Å². The maximum Gasteiger partial charge on any atom is 0.328 e. The fraction of sp³-hybridized carbons (Fsp3) is 0. The van der Waals surface area contributed by atoms with Gasteiger partial charge in [0.25, 0.3) is 5.78 Å². The van der Waals surface area contributed by atoms with Crippen LogP contribution in [0.5, 0.6) is 0 Å². The van der Waals surface area contributed by atoms with Crippen LogP contribution in [-0.2, 0) is 0 Å². The Labute approximate surface area is 109 Å². The number of carbonyl (C=O) groups is 1. The standard InChI is InChI=1S/C16H10N2O/c17-18-10-16(19)14-7-3-6-13-8-11-4-1-2-5-12(11)9-15(13)14/h1-10H. The average Bonchev–Trinajstić information content (AvgIpc) is 2.44. The minimum Gasteiger partial charge on any atom is -0.361 e. The van der Waals surface area contributed by atoms with Gasteiger partial charge >= 0.3 is 6.21 Å². The number of benzene rings is 3. The molecule has 0 fully saturated rings. The summed E-state index contributed by atoms with van der Waals surface area (Å²) in [5.74, 6) is -0.302. The summed E-state index contributed by atoms with van der Waals surface area (Å²) in [5, 5.41) is 4.08. The maximum absolute atomic E-state index is 11.9. The van der Waals surface area contributed by atoms with E-state index in [9.17, 15) is 4.79 Å². The lowest BCUT2D eigenvalue weighted by Crippen LogP contribution is -2.01. The van der Waals surface area contributed by atoms with Gasteiger partial charge in [0.05, 0.1) is 0 Å². The largest absolute Gasteiger partial charge is 0.361 e. The number of hydrogen-bond donors (Lipinski definition) is 0. The first-order valence-electron chi connectivity index (χ1n) is 5.93. The van der Waals surface area contributed by atoms with Gasteiger partial charge in [-0.3, -0.25) is 4.79 Å². The molecule has 3 aromatic rings. The van der Waals surface area contributed by atoms with Gasteiger partial charge in [-0.1, -0.05) is 42.5 Å². The molecule has 0 aromatic heterocycles. The molecule has 0 aliphatic heterocycles. The summed E-state index contributed by atoms with van der Waals surface area (Å²) < 4.78 is 0. The molecule has 3 heteroatoms. The summed E-state index contributed by atoms with van der Waals surface area (Å²) >= 11 is 0. The van der Waals surface area contributed by atoms with Crippen molar-refractivity contribution < 1.29 is 9.58 Å². The Balaban J connectivity index is 2.38. The summed E-state index contributed by atoms with van der Waals surface area (Å²) in [7, 11) is 0. The molecule has 0 spiro atoms. The third-order valence-corrected chi connectivity index (χ3v) is 3.19. The highest BCUT2D eigenvalue weighted by Crippen LogP contribution is 2.25. The molecular formula is C16H10N2O. The third kappa shape index (κ3) is 1.92. The molecule has 0 aliphatic rings. The molecule has 3 rings (SSSR count). The van der Waals surface area contributed by atoms with E-state index in [-0.39, 0.29) is 5.78 Å². The van der Waals surface area contributed by atoms with Crippen LogP contribution >= 0.6 is 0 Å². The molecule has 0 atom stereocenters. The van der Waals surface area contributed by atoms with Crippen molar-refractivity contribution in [3.63, 3.8) is 0 Å². The van der Waals surface area contributed by atoms with Crippen molar-refractivity contribution in [3.8, 4) is 0 Å². The Morgan fingerprint density at radius 3 is 2.37 bits per heavy atom. The molecule has 0 heterocycles. The molecule has 90 valence electrons. The normalized spacial score (nSPS) is 10.3. The zero-order chi connectivity index (χ0) is 13.2. The first-order chi connectivity index (χ1) is 9.29. The zero-order valence-corrected chi connectivity index (χ0v) is 10.1. The predicted octanol–water partition coefficient (Wildman–Crippen LogP) is 3.48. The fourth-order valence-electron chi connectivity index (χ4n) is 2.30. The number of carbonyl (C=O) groups excluding carboxylic acids is 1. The minimum absolute atomic E-state index is 0.302. The van der Waals surface area contributed by atoms with Gasteiger partial charge in [0.2, 0.25) is 0 Å². The molecule has 0 saturated carbocycles. The Bertz CT molecular complexity index is 846. The van der Waals surface area contributed by atoms with Crippen LogP contribution in [0.25, 0.3) is 27.1 Å². The lowest BCUT2D eigenvalue weighted by Gasteiger charge is -2.05. The molecule has 0 aliphatic carbocycles. The fourth-order valence-corrected chi connectivity index (χ4v) is 2.30. The topological polar surface area (TPSA) is 53.5 Å². The smallest absolute Gasteiger partial charge is 0.328 e. The van der Waals surface area contributed by atoms with Gasteiger partial charge in [0.1, 0.15) is 0 Å². The molecule has 0 saturated heterocycles. The molecular weight excluding hydrogens is 236 g/mol. The summed E-state index contributed by atoms with van der Waals surface area (Å²) in [6, 6.07) is 17.6. The third-order valence-electron chi connectivity index (χ3n) is 3.19. The maximum atomic E-state index is 11.9. The minimum atomic E-state index is -0.302. The van der Waals surface area contributed by atoms with Crippen molar-refractivity contribution in [1.29, 1.82) is 0 Å². The Kier molecular flexibility index (Phi) is 2.67. The first-order valence-corrected chi connectivity index (χ1v) is 5.93. The number of hydrogen-bond acceptors (Lipinski definition) is 1. The quantitative estimate of drug-likeness (QED) is 0.224. The summed E-state index contributed by atoms with van der Waals surface area (Å²) in [5.41, 5.74) is 9.03. The van der Waals surface area contributed by atoms with Crippen LogP contribution in [0.3, 0.4) is 0 Å². The van der Waals surface area contributed by atoms with Crippen LogP contribution < -0.4 is 0 Å². The zero-order valence-electron chi connectivity index (χ0n) is 10.1. The van der Waals surface area contributed by atoms with E-state index < -0.39 is 0 Å². The first kappa shape index (κ1) is 11.3. The Morgan fingerprint density at radius 1 is 0.947 bits per heavy atom.